The highest BCUT2D eigenvalue weighted by molar-refractivity contribution is 5.78. The first kappa shape index (κ1) is 18.4. The Morgan fingerprint density at radius 3 is 2.52 bits per heavy atom. The van der Waals surface area contributed by atoms with Crippen LogP contribution in [0.2, 0.25) is 0 Å². The molecular weight excluding hydrogens is 312 g/mol. The molecule has 2 fully saturated rings. The van der Waals surface area contributed by atoms with Crippen molar-refractivity contribution >= 4 is 5.91 Å². The van der Waals surface area contributed by atoms with Gasteiger partial charge in [-0.25, -0.2) is 0 Å². The molecule has 1 atom stereocenters. The van der Waals surface area contributed by atoms with E-state index in [1.54, 1.807) is 0 Å². The first-order valence-electron chi connectivity index (χ1n) is 9.75. The number of amides is 1. The molecule has 2 saturated heterocycles. The topological polar surface area (TPSA) is 38.8 Å². The van der Waals surface area contributed by atoms with E-state index in [1.165, 1.54) is 5.56 Å². The molecule has 0 radical (unpaired) electrons. The highest BCUT2D eigenvalue weighted by atomic mass is 16.2. The zero-order valence-electron chi connectivity index (χ0n) is 15.5. The maximum Gasteiger partial charge on any atom is 0.237 e. The maximum atomic E-state index is 12.8. The third-order valence-electron chi connectivity index (χ3n) is 5.33. The zero-order valence-corrected chi connectivity index (χ0v) is 15.5. The SMILES string of the molecule is CCCN(C(=O)CN1CCN(Cc2ccccc2)CC1)C1CCNC1. The highest BCUT2D eigenvalue weighted by Gasteiger charge is 2.27. The van der Waals surface area contributed by atoms with Crippen LogP contribution in [-0.2, 0) is 11.3 Å². The second-order valence-corrected chi connectivity index (χ2v) is 7.27. The van der Waals surface area contributed by atoms with Crippen molar-refractivity contribution in [2.45, 2.75) is 32.4 Å². The molecule has 2 heterocycles. The van der Waals surface area contributed by atoms with Gasteiger partial charge in [0.25, 0.3) is 0 Å². The molecule has 5 heteroatoms. The molecular formula is C20H32N4O. The number of rotatable bonds is 7. The molecule has 1 amide bonds. The average Bonchev–Trinajstić information content (AvgIpc) is 3.16. The van der Waals surface area contributed by atoms with Gasteiger partial charge in [-0.1, -0.05) is 37.3 Å². The molecule has 0 saturated carbocycles. The van der Waals surface area contributed by atoms with E-state index in [4.69, 9.17) is 0 Å². The van der Waals surface area contributed by atoms with E-state index in [1.807, 2.05) is 0 Å². The molecule has 0 aliphatic carbocycles. The fourth-order valence-corrected chi connectivity index (χ4v) is 3.89. The summed E-state index contributed by atoms with van der Waals surface area (Å²) < 4.78 is 0. The van der Waals surface area contributed by atoms with Gasteiger partial charge in [-0.05, 0) is 24.9 Å². The molecule has 25 heavy (non-hydrogen) atoms. The Morgan fingerprint density at radius 2 is 1.88 bits per heavy atom. The number of hydrogen-bond donors (Lipinski definition) is 1. The van der Waals surface area contributed by atoms with Crippen LogP contribution in [0.5, 0.6) is 0 Å². The van der Waals surface area contributed by atoms with Crippen LogP contribution in [0.15, 0.2) is 30.3 Å². The molecule has 3 rings (SSSR count). The van der Waals surface area contributed by atoms with Crippen LogP contribution in [0.3, 0.4) is 0 Å². The number of hydrogen-bond acceptors (Lipinski definition) is 4. The smallest absolute Gasteiger partial charge is 0.237 e. The zero-order chi connectivity index (χ0) is 17.5. The fraction of sp³-hybridized carbons (Fsp3) is 0.650. The standard InChI is InChI=1S/C20H32N4O/c1-2-10-24(19-8-9-21-15-19)20(25)17-23-13-11-22(12-14-23)16-18-6-4-3-5-7-18/h3-7,19,21H,2,8-17H2,1H3. The van der Waals surface area contributed by atoms with Gasteiger partial charge in [0.1, 0.15) is 0 Å². The van der Waals surface area contributed by atoms with Crippen molar-refractivity contribution in [1.82, 2.24) is 20.0 Å². The van der Waals surface area contributed by atoms with E-state index in [0.29, 0.717) is 18.5 Å². The van der Waals surface area contributed by atoms with Gasteiger partial charge in [0, 0.05) is 51.9 Å². The van der Waals surface area contributed by atoms with Crippen molar-refractivity contribution < 1.29 is 4.79 Å². The van der Waals surface area contributed by atoms with Crippen LogP contribution in [0.1, 0.15) is 25.3 Å². The molecule has 0 aromatic heterocycles. The summed E-state index contributed by atoms with van der Waals surface area (Å²) >= 11 is 0. The Labute approximate surface area is 152 Å². The summed E-state index contributed by atoms with van der Waals surface area (Å²) in [6.45, 7) is 10.7. The van der Waals surface area contributed by atoms with Gasteiger partial charge in [0.2, 0.25) is 5.91 Å². The van der Waals surface area contributed by atoms with Crippen LogP contribution in [-0.4, -0.2) is 79.0 Å². The minimum Gasteiger partial charge on any atom is -0.337 e. The predicted octanol–water partition coefficient (Wildman–Crippen LogP) is 1.40. The van der Waals surface area contributed by atoms with Gasteiger partial charge in [0.15, 0.2) is 0 Å². The largest absolute Gasteiger partial charge is 0.337 e. The normalized spacial score (nSPS) is 22.2. The Hall–Kier alpha value is -1.43. The molecule has 1 N–H and O–H groups in total. The number of carbonyl (C=O) groups is 1. The lowest BCUT2D eigenvalue weighted by Gasteiger charge is -2.36. The van der Waals surface area contributed by atoms with Crippen LogP contribution in [0.25, 0.3) is 0 Å². The molecule has 1 aromatic rings. The lowest BCUT2D eigenvalue weighted by atomic mass is 10.2. The lowest BCUT2D eigenvalue weighted by Crippen LogP contribution is -2.51. The summed E-state index contributed by atoms with van der Waals surface area (Å²) in [6.07, 6.45) is 2.13. The molecule has 0 bridgehead atoms. The number of carbonyl (C=O) groups excluding carboxylic acids is 1. The van der Waals surface area contributed by atoms with E-state index in [9.17, 15) is 4.79 Å². The van der Waals surface area contributed by atoms with Crippen LogP contribution < -0.4 is 5.32 Å². The molecule has 1 unspecified atom stereocenters. The quantitative estimate of drug-likeness (QED) is 0.812. The number of benzene rings is 1. The van der Waals surface area contributed by atoms with Gasteiger partial charge in [0.05, 0.1) is 6.54 Å². The average molecular weight is 345 g/mol. The second-order valence-electron chi connectivity index (χ2n) is 7.27. The van der Waals surface area contributed by atoms with Crippen LogP contribution in [0.4, 0.5) is 0 Å². The number of piperazine rings is 1. The molecule has 2 aliphatic heterocycles. The summed E-state index contributed by atoms with van der Waals surface area (Å²) in [4.78, 5) is 19.7. The van der Waals surface area contributed by atoms with E-state index in [-0.39, 0.29) is 0 Å². The second kappa shape index (κ2) is 9.32. The molecule has 5 nitrogen and oxygen atoms in total. The number of nitrogens with one attached hydrogen (secondary N) is 1. The van der Waals surface area contributed by atoms with Crippen molar-refractivity contribution in [3.63, 3.8) is 0 Å². The molecule has 138 valence electrons. The minimum atomic E-state index is 0.312. The molecule has 0 spiro atoms. The minimum absolute atomic E-state index is 0.312. The van der Waals surface area contributed by atoms with Gasteiger partial charge in [-0.3, -0.25) is 14.6 Å². The van der Waals surface area contributed by atoms with Crippen LogP contribution >= 0.6 is 0 Å². The molecule has 2 aliphatic rings. The van der Waals surface area contributed by atoms with Gasteiger partial charge < -0.3 is 10.2 Å². The maximum absolute atomic E-state index is 12.8. The Bertz CT molecular complexity index is 522. The Balaban J connectivity index is 1.45. The third kappa shape index (κ3) is 5.27. The van der Waals surface area contributed by atoms with Crippen molar-refractivity contribution in [2.24, 2.45) is 0 Å². The van der Waals surface area contributed by atoms with Crippen LogP contribution in [0, 0.1) is 0 Å². The van der Waals surface area contributed by atoms with Crippen molar-refractivity contribution in [3.8, 4) is 0 Å². The first-order valence-corrected chi connectivity index (χ1v) is 9.75. The third-order valence-corrected chi connectivity index (χ3v) is 5.33. The predicted molar refractivity (Wildman–Crippen MR) is 101 cm³/mol. The summed E-state index contributed by atoms with van der Waals surface area (Å²) in [6, 6.07) is 11.0. The van der Waals surface area contributed by atoms with Gasteiger partial charge in [-0.2, -0.15) is 0 Å². The summed E-state index contributed by atoms with van der Waals surface area (Å²) in [5, 5.41) is 3.38. The lowest BCUT2D eigenvalue weighted by molar-refractivity contribution is -0.135. The van der Waals surface area contributed by atoms with E-state index < -0.39 is 0 Å². The highest BCUT2D eigenvalue weighted by Crippen LogP contribution is 2.12. The molecule has 1 aromatic carbocycles. The number of nitrogens with zero attached hydrogens (tertiary/aromatic N) is 3. The monoisotopic (exact) mass is 344 g/mol. The Kier molecular flexibility index (Phi) is 6.84. The van der Waals surface area contributed by atoms with E-state index in [0.717, 1.165) is 65.2 Å². The Morgan fingerprint density at radius 1 is 1.16 bits per heavy atom. The summed E-state index contributed by atoms with van der Waals surface area (Å²) in [7, 11) is 0. The van der Waals surface area contributed by atoms with Crippen molar-refractivity contribution in [3.05, 3.63) is 35.9 Å². The van der Waals surface area contributed by atoms with Gasteiger partial charge >= 0.3 is 0 Å². The van der Waals surface area contributed by atoms with E-state index in [2.05, 4.69) is 57.3 Å². The van der Waals surface area contributed by atoms with E-state index >= 15 is 0 Å². The van der Waals surface area contributed by atoms with Gasteiger partial charge in [-0.15, -0.1) is 0 Å². The first-order chi connectivity index (χ1) is 12.3. The fourth-order valence-electron chi connectivity index (χ4n) is 3.89. The summed E-state index contributed by atoms with van der Waals surface area (Å²) in [5.41, 5.74) is 1.37. The van der Waals surface area contributed by atoms with Crippen molar-refractivity contribution in [2.75, 3.05) is 52.4 Å². The van der Waals surface area contributed by atoms with Crippen molar-refractivity contribution in [1.29, 1.82) is 0 Å². The summed E-state index contributed by atoms with van der Waals surface area (Å²) in [5.74, 6) is 0.312.